The maximum absolute atomic E-state index is 12.3. The lowest BCUT2D eigenvalue weighted by molar-refractivity contribution is -0.117. The van der Waals surface area contributed by atoms with Crippen molar-refractivity contribution in [1.82, 2.24) is 15.5 Å². The molecule has 0 aliphatic carbocycles. The Morgan fingerprint density at radius 2 is 2.16 bits per heavy atom. The van der Waals surface area contributed by atoms with Crippen molar-refractivity contribution in [3.63, 3.8) is 0 Å². The summed E-state index contributed by atoms with van der Waals surface area (Å²) in [5.74, 6) is -0.404. The van der Waals surface area contributed by atoms with Gasteiger partial charge < -0.3 is 5.32 Å². The summed E-state index contributed by atoms with van der Waals surface area (Å²) in [6.07, 6.45) is 3.14. The molecule has 0 spiro atoms. The van der Waals surface area contributed by atoms with Gasteiger partial charge >= 0.3 is 0 Å². The van der Waals surface area contributed by atoms with Gasteiger partial charge in [0.15, 0.2) is 0 Å². The van der Waals surface area contributed by atoms with Gasteiger partial charge in [-0.3, -0.25) is 9.89 Å². The van der Waals surface area contributed by atoms with Crippen molar-refractivity contribution >= 4 is 39.2 Å². The van der Waals surface area contributed by atoms with Crippen molar-refractivity contribution in [2.75, 3.05) is 0 Å². The quantitative estimate of drug-likeness (QED) is 0.488. The number of benzene rings is 1. The number of nitrogens with zero attached hydrogens (tertiary/aromatic N) is 2. The van der Waals surface area contributed by atoms with Crippen LogP contribution < -0.4 is 5.32 Å². The number of rotatable bonds is 5. The molecule has 25 heavy (non-hydrogen) atoms. The maximum Gasteiger partial charge on any atom is 0.262 e. The number of aromatic nitrogens is 2. The van der Waals surface area contributed by atoms with Gasteiger partial charge in [0.25, 0.3) is 5.91 Å². The van der Waals surface area contributed by atoms with Crippen LogP contribution in [0.1, 0.15) is 10.4 Å². The number of thiophene rings is 1. The number of hydrogen-bond donors (Lipinski definition) is 2. The average molecular weight is 413 g/mol. The number of nitrogens with one attached hydrogen (secondary N) is 2. The van der Waals surface area contributed by atoms with Crippen LogP contribution in [0.2, 0.25) is 0 Å². The van der Waals surface area contributed by atoms with Gasteiger partial charge in [-0.15, -0.1) is 11.3 Å². The van der Waals surface area contributed by atoms with Crippen LogP contribution in [0.15, 0.2) is 58.0 Å². The molecular weight excluding hydrogens is 400 g/mol. The highest BCUT2D eigenvalue weighted by Crippen LogP contribution is 2.24. The highest BCUT2D eigenvalue weighted by atomic mass is 79.9. The zero-order chi connectivity index (χ0) is 17.6. The van der Waals surface area contributed by atoms with E-state index in [4.69, 9.17) is 0 Å². The number of hydrogen-bond acceptors (Lipinski definition) is 4. The lowest BCUT2D eigenvalue weighted by Crippen LogP contribution is -2.23. The molecule has 2 N–H and O–H groups in total. The monoisotopic (exact) mass is 412 g/mol. The Kier molecular flexibility index (Phi) is 5.43. The van der Waals surface area contributed by atoms with Crippen molar-refractivity contribution in [3.8, 4) is 17.3 Å². The van der Waals surface area contributed by atoms with Crippen LogP contribution in [-0.4, -0.2) is 16.1 Å². The zero-order valence-electron chi connectivity index (χ0n) is 13.0. The molecule has 3 aromatic rings. The number of carbonyl (C=O) groups excluding carboxylic acids is 1. The average Bonchev–Trinajstić information content (AvgIpc) is 3.30. The minimum atomic E-state index is -0.404. The molecule has 0 unspecified atom stereocenters. The van der Waals surface area contributed by atoms with Gasteiger partial charge in [-0.2, -0.15) is 10.4 Å². The Morgan fingerprint density at radius 3 is 2.84 bits per heavy atom. The second kappa shape index (κ2) is 7.92. The number of nitriles is 1. The summed E-state index contributed by atoms with van der Waals surface area (Å²) in [5, 5.41) is 21.0. The van der Waals surface area contributed by atoms with Crippen molar-refractivity contribution in [1.29, 1.82) is 5.26 Å². The minimum Gasteiger partial charge on any atom is -0.347 e. The smallest absolute Gasteiger partial charge is 0.262 e. The van der Waals surface area contributed by atoms with Gasteiger partial charge in [-0.25, -0.2) is 0 Å². The standard InChI is InChI=1S/C18H13BrN4OS/c19-15-5-3-12(4-6-15)17-14(10-22-23-17)8-13(9-20)18(24)21-11-16-2-1-7-25-16/h1-8,10H,11H2,(H,21,24)(H,22,23)/b13-8+. The molecule has 1 amide bonds. The molecule has 5 nitrogen and oxygen atoms in total. The second-order valence-electron chi connectivity index (χ2n) is 5.14. The normalized spacial score (nSPS) is 11.1. The zero-order valence-corrected chi connectivity index (χ0v) is 15.4. The van der Waals surface area contributed by atoms with Crippen LogP contribution in [0.4, 0.5) is 0 Å². The summed E-state index contributed by atoms with van der Waals surface area (Å²) in [4.78, 5) is 13.3. The first kappa shape index (κ1) is 17.1. The van der Waals surface area contributed by atoms with Gasteiger partial charge in [-0.05, 0) is 29.7 Å². The molecule has 0 aliphatic heterocycles. The highest BCUT2D eigenvalue weighted by molar-refractivity contribution is 9.10. The highest BCUT2D eigenvalue weighted by Gasteiger charge is 2.12. The maximum atomic E-state index is 12.3. The Bertz CT molecular complexity index is 936. The lowest BCUT2D eigenvalue weighted by atomic mass is 10.1. The third kappa shape index (κ3) is 4.24. The van der Waals surface area contributed by atoms with E-state index in [0.717, 1.165) is 20.6 Å². The first-order valence-corrected chi connectivity index (χ1v) is 9.06. The van der Waals surface area contributed by atoms with Gasteiger partial charge in [-0.1, -0.05) is 34.1 Å². The predicted molar refractivity (Wildman–Crippen MR) is 101 cm³/mol. The third-order valence-electron chi connectivity index (χ3n) is 3.47. The van der Waals surface area contributed by atoms with Gasteiger partial charge in [0.1, 0.15) is 11.6 Å². The number of carbonyl (C=O) groups is 1. The molecule has 7 heteroatoms. The molecule has 0 bridgehead atoms. The molecular formula is C18H13BrN4OS. The number of H-pyrrole nitrogens is 1. The topological polar surface area (TPSA) is 81.6 Å². The van der Waals surface area contributed by atoms with E-state index >= 15 is 0 Å². The van der Waals surface area contributed by atoms with E-state index in [1.807, 2.05) is 47.8 Å². The van der Waals surface area contributed by atoms with Crippen LogP contribution in [0.5, 0.6) is 0 Å². The van der Waals surface area contributed by atoms with Crippen LogP contribution in [0.25, 0.3) is 17.3 Å². The molecule has 1 aromatic carbocycles. The molecule has 2 heterocycles. The molecule has 0 saturated heterocycles. The van der Waals surface area contributed by atoms with Crippen molar-refractivity contribution in [2.45, 2.75) is 6.54 Å². The Balaban J connectivity index is 1.81. The largest absolute Gasteiger partial charge is 0.347 e. The molecule has 0 fully saturated rings. The van der Waals surface area contributed by atoms with Crippen LogP contribution in [0.3, 0.4) is 0 Å². The molecule has 0 aliphatic rings. The summed E-state index contributed by atoms with van der Waals surface area (Å²) in [7, 11) is 0. The summed E-state index contributed by atoms with van der Waals surface area (Å²) < 4.78 is 0.971. The summed E-state index contributed by atoms with van der Waals surface area (Å²) in [5.41, 5.74) is 2.40. The van der Waals surface area contributed by atoms with Crippen molar-refractivity contribution < 1.29 is 4.79 Å². The fraction of sp³-hybridized carbons (Fsp3) is 0.0556. The van der Waals surface area contributed by atoms with E-state index in [2.05, 4.69) is 31.4 Å². The van der Waals surface area contributed by atoms with E-state index in [1.54, 1.807) is 23.6 Å². The van der Waals surface area contributed by atoms with Gasteiger partial charge in [0.05, 0.1) is 18.4 Å². The molecule has 0 atom stereocenters. The van der Waals surface area contributed by atoms with Crippen molar-refractivity contribution in [3.05, 3.63) is 68.5 Å². The van der Waals surface area contributed by atoms with E-state index in [0.29, 0.717) is 12.1 Å². The fourth-order valence-electron chi connectivity index (χ4n) is 2.23. The SMILES string of the molecule is N#C/C(=C\c1cn[nH]c1-c1ccc(Br)cc1)C(=O)NCc1cccs1. The molecule has 0 radical (unpaired) electrons. The number of amides is 1. The van der Waals surface area contributed by atoms with E-state index < -0.39 is 5.91 Å². The van der Waals surface area contributed by atoms with E-state index in [9.17, 15) is 10.1 Å². The van der Waals surface area contributed by atoms with Crippen molar-refractivity contribution in [2.24, 2.45) is 0 Å². The first-order valence-electron chi connectivity index (χ1n) is 7.39. The first-order chi connectivity index (χ1) is 12.2. The Labute approximate surface area is 157 Å². The van der Waals surface area contributed by atoms with Crippen LogP contribution >= 0.6 is 27.3 Å². The Hall–Kier alpha value is -2.69. The summed E-state index contributed by atoms with van der Waals surface area (Å²) in [6.45, 7) is 0.403. The van der Waals surface area contributed by atoms with Crippen LogP contribution in [0, 0.1) is 11.3 Å². The minimum absolute atomic E-state index is 0.0383. The van der Waals surface area contributed by atoms with E-state index in [1.165, 1.54) is 0 Å². The molecule has 2 aromatic heterocycles. The molecule has 124 valence electrons. The number of halogens is 1. The molecule has 3 rings (SSSR count). The third-order valence-corrected chi connectivity index (χ3v) is 4.87. The predicted octanol–water partition coefficient (Wildman–Crippen LogP) is 4.12. The summed E-state index contributed by atoms with van der Waals surface area (Å²) >= 11 is 4.95. The van der Waals surface area contributed by atoms with Gasteiger partial charge in [0, 0.05) is 20.5 Å². The van der Waals surface area contributed by atoms with Gasteiger partial charge in [0.2, 0.25) is 0 Å². The van der Waals surface area contributed by atoms with Crippen LogP contribution in [-0.2, 0) is 11.3 Å². The second-order valence-corrected chi connectivity index (χ2v) is 7.09. The molecule has 0 saturated carbocycles. The number of aromatic amines is 1. The lowest BCUT2D eigenvalue weighted by Gasteiger charge is -2.03. The fourth-order valence-corrected chi connectivity index (χ4v) is 3.14. The Morgan fingerprint density at radius 1 is 1.36 bits per heavy atom. The van der Waals surface area contributed by atoms with E-state index in [-0.39, 0.29) is 5.57 Å². The summed E-state index contributed by atoms with van der Waals surface area (Å²) in [6, 6.07) is 13.5.